The zero-order chi connectivity index (χ0) is 26.1. The van der Waals surface area contributed by atoms with Gasteiger partial charge in [0.1, 0.15) is 5.82 Å². The number of esters is 1. The molecule has 2 amide bonds. The number of aryl methyl sites for hydroxylation is 1. The Balaban J connectivity index is 1.31. The van der Waals surface area contributed by atoms with E-state index >= 15 is 0 Å². The number of carbonyl (C=O) groups is 3. The highest BCUT2D eigenvalue weighted by molar-refractivity contribution is 6.34. The Morgan fingerprint density at radius 2 is 1.70 bits per heavy atom. The number of rotatable bonds is 6. The normalized spacial score (nSPS) is 12.4. The van der Waals surface area contributed by atoms with Crippen molar-refractivity contribution in [1.29, 1.82) is 0 Å². The molecule has 10 nitrogen and oxygen atoms in total. The molecular weight excluding hydrogens is 479 g/mol. The van der Waals surface area contributed by atoms with Crippen LogP contribution < -0.4 is 16.0 Å². The lowest BCUT2D eigenvalue weighted by Crippen LogP contribution is -2.29. The van der Waals surface area contributed by atoms with Gasteiger partial charge in [0.05, 0.1) is 22.4 Å². The molecule has 0 spiro atoms. The van der Waals surface area contributed by atoms with Gasteiger partial charge in [-0.15, -0.1) is 0 Å². The fourth-order valence-electron chi connectivity index (χ4n) is 3.84. The van der Waals surface area contributed by atoms with Crippen LogP contribution in [0.1, 0.15) is 42.5 Å². The Morgan fingerprint density at radius 1 is 0.973 bits per heavy atom. The summed E-state index contributed by atoms with van der Waals surface area (Å²) >= 11 is 0. The molecule has 2 heterocycles. The first kappa shape index (κ1) is 23.5. The summed E-state index contributed by atoms with van der Waals surface area (Å²) in [6.07, 6.45) is 0. The van der Waals surface area contributed by atoms with Crippen LogP contribution >= 0.6 is 0 Å². The third-order valence-corrected chi connectivity index (χ3v) is 5.61. The van der Waals surface area contributed by atoms with Gasteiger partial charge in [-0.05, 0) is 61.0 Å². The molecule has 0 fully saturated rings. The number of fused-ring (bicyclic) bond motifs is 1. The Morgan fingerprint density at radius 3 is 2.46 bits per heavy atom. The second kappa shape index (κ2) is 9.46. The fourth-order valence-corrected chi connectivity index (χ4v) is 3.84. The molecule has 0 atom stereocenters. The molecule has 0 saturated heterocycles. The van der Waals surface area contributed by atoms with Crippen molar-refractivity contribution in [2.24, 2.45) is 0 Å². The van der Waals surface area contributed by atoms with Gasteiger partial charge in [-0.3, -0.25) is 9.59 Å². The third kappa shape index (κ3) is 4.69. The van der Waals surface area contributed by atoms with Gasteiger partial charge in [0.15, 0.2) is 12.4 Å². The van der Waals surface area contributed by atoms with E-state index in [1.807, 2.05) is 6.07 Å². The molecule has 37 heavy (non-hydrogen) atoms. The maximum absolute atomic E-state index is 13.1. The van der Waals surface area contributed by atoms with Crippen molar-refractivity contribution in [2.75, 3.05) is 16.0 Å². The Labute approximate surface area is 209 Å². The second-order valence-corrected chi connectivity index (χ2v) is 8.13. The summed E-state index contributed by atoms with van der Waals surface area (Å²) in [5.41, 5.74) is 7.90. The molecular formula is C26H19FN6O4. The van der Waals surface area contributed by atoms with Crippen LogP contribution in [0.4, 0.5) is 27.7 Å². The van der Waals surface area contributed by atoms with Crippen LogP contribution in [-0.2, 0) is 11.3 Å². The lowest BCUT2D eigenvalue weighted by molar-refractivity contribution is 0.0462. The van der Waals surface area contributed by atoms with E-state index in [2.05, 4.69) is 20.3 Å². The van der Waals surface area contributed by atoms with Crippen molar-refractivity contribution >= 4 is 41.1 Å². The largest absolute Gasteiger partial charge is 0.454 e. The molecule has 0 radical (unpaired) electrons. The summed E-state index contributed by atoms with van der Waals surface area (Å²) in [7, 11) is 0. The molecule has 11 heteroatoms. The zero-order valence-electron chi connectivity index (χ0n) is 19.4. The summed E-state index contributed by atoms with van der Waals surface area (Å²) in [4.78, 5) is 51.8. The number of nitrogen functional groups attached to an aromatic ring is 1. The summed E-state index contributed by atoms with van der Waals surface area (Å²) in [5.74, 6) is -2.07. The smallest absolute Gasteiger partial charge is 0.338 e. The standard InChI is InChI=1S/C26H19FN6O4/c1-14-4-2-3-5-20(14)33-22(34)18-11-6-15(12-19(18)23(33)35)24(36)37-13-21-30-25(28)32-26(31-21)29-17-9-7-16(27)8-10-17/h2-12H,13H2,1H3,(H3,28,29,30,31,32). The number of para-hydroxylation sites is 1. The topological polar surface area (TPSA) is 140 Å². The molecule has 3 N–H and O–H groups in total. The predicted octanol–water partition coefficient (Wildman–Crippen LogP) is 3.80. The van der Waals surface area contributed by atoms with Crippen LogP contribution in [0.25, 0.3) is 0 Å². The molecule has 1 aliphatic rings. The number of nitrogens with zero attached hydrogens (tertiary/aromatic N) is 4. The number of benzene rings is 3. The number of hydrogen-bond acceptors (Lipinski definition) is 9. The minimum Gasteiger partial charge on any atom is -0.454 e. The SMILES string of the molecule is Cc1ccccc1N1C(=O)c2ccc(C(=O)OCc3nc(N)nc(Nc4ccc(F)cc4)n3)cc2C1=O. The summed E-state index contributed by atoms with van der Waals surface area (Å²) < 4.78 is 18.4. The Hall–Kier alpha value is -5.19. The number of halogens is 1. The Bertz CT molecular complexity index is 1560. The lowest BCUT2D eigenvalue weighted by atomic mass is 10.1. The van der Waals surface area contributed by atoms with E-state index in [1.54, 1.807) is 25.1 Å². The van der Waals surface area contributed by atoms with Gasteiger partial charge in [-0.1, -0.05) is 18.2 Å². The van der Waals surface area contributed by atoms with E-state index in [1.165, 1.54) is 42.5 Å². The molecule has 0 bridgehead atoms. The predicted molar refractivity (Wildman–Crippen MR) is 132 cm³/mol. The second-order valence-electron chi connectivity index (χ2n) is 8.13. The number of carbonyl (C=O) groups excluding carboxylic acids is 3. The van der Waals surface area contributed by atoms with Gasteiger partial charge in [0.25, 0.3) is 11.8 Å². The third-order valence-electron chi connectivity index (χ3n) is 5.61. The van der Waals surface area contributed by atoms with E-state index in [-0.39, 0.29) is 41.0 Å². The van der Waals surface area contributed by atoms with E-state index in [9.17, 15) is 18.8 Å². The number of aromatic nitrogens is 3. The summed E-state index contributed by atoms with van der Waals surface area (Å²) in [5, 5.41) is 2.87. The first-order valence-corrected chi connectivity index (χ1v) is 11.1. The van der Waals surface area contributed by atoms with E-state index in [0.29, 0.717) is 11.4 Å². The molecule has 0 unspecified atom stereocenters. The fraction of sp³-hybridized carbons (Fsp3) is 0.0769. The molecule has 5 rings (SSSR count). The molecule has 0 saturated carbocycles. The maximum atomic E-state index is 13.1. The minimum atomic E-state index is -0.746. The molecule has 3 aromatic carbocycles. The number of ether oxygens (including phenoxy) is 1. The molecule has 0 aliphatic carbocycles. The van der Waals surface area contributed by atoms with Gasteiger partial charge >= 0.3 is 5.97 Å². The number of nitrogens with two attached hydrogens (primary N) is 1. The van der Waals surface area contributed by atoms with Crippen molar-refractivity contribution in [3.63, 3.8) is 0 Å². The van der Waals surface area contributed by atoms with E-state index < -0.39 is 23.6 Å². The van der Waals surface area contributed by atoms with Crippen molar-refractivity contribution in [1.82, 2.24) is 15.0 Å². The van der Waals surface area contributed by atoms with Crippen LogP contribution in [0, 0.1) is 12.7 Å². The van der Waals surface area contributed by atoms with Gasteiger partial charge in [0.2, 0.25) is 11.9 Å². The van der Waals surface area contributed by atoms with Crippen molar-refractivity contribution in [3.8, 4) is 0 Å². The van der Waals surface area contributed by atoms with Crippen LogP contribution in [0.3, 0.4) is 0 Å². The van der Waals surface area contributed by atoms with Gasteiger partial charge in [0, 0.05) is 5.69 Å². The van der Waals surface area contributed by atoms with Crippen molar-refractivity contribution < 1.29 is 23.5 Å². The van der Waals surface area contributed by atoms with Crippen molar-refractivity contribution in [3.05, 3.63) is 101 Å². The Kier molecular flexibility index (Phi) is 6.02. The van der Waals surface area contributed by atoms with E-state index in [0.717, 1.165) is 10.5 Å². The van der Waals surface area contributed by atoms with E-state index in [4.69, 9.17) is 10.5 Å². The minimum absolute atomic E-state index is 0.0728. The highest BCUT2D eigenvalue weighted by atomic mass is 19.1. The van der Waals surface area contributed by atoms with Gasteiger partial charge in [-0.25, -0.2) is 14.1 Å². The first-order chi connectivity index (χ1) is 17.8. The number of anilines is 4. The monoisotopic (exact) mass is 498 g/mol. The number of hydrogen-bond donors (Lipinski definition) is 2. The van der Waals surface area contributed by atoms with Crippen LogP contribution in [0.15, 0.2) is 66.7 Å². The average Bonchev–Trinajstić information content (AvgIpc) is 3.13. The molecule has 4 aromatic rings. The highest BCUT2D eigenvalue weighted by Gasteiger charge is 2.37. The lowest BCUT2D eigenvalue weighted by Gasteiger charge is -2.16. The molecule has 1 aromatic heterocycles. The average molecular weight is 498 g/mol. The van der Waals surface area contributed by atoms with Gasteiger partial charge in [-0.2, -0.15) is 15.0 Å². The molecule has 1 aliphatic heterocycles. The van der Waals surface area contributed by atoms with Crippen LogP contribution in [-0.4, -0.2) is 32.7 Å². The quantitative estimate of drug-likeness (QED) is 0.300. The van der Waals surface area contributed by atoms with Gasteiger partial charge < -0.3 is 15.8 Å². The first-order valence-electron chi connectivity index (χ1n) is 11.1. The summed E-state index contributed by atoms with van der Waals surface area (Å²) in [6, 6.07) is 16.7. The maximum Gasteiger partial charge on any atom is 0.338 e. The number of amides is 2. The van der Waals surface area contributed by atoms with Crippen LogP contribution in [0.2, 0.25) is 0 Å². The highest BCUT2D eigenvalue weighted by Crippen LogP contribution is 2.31. The number of nitrogens with one attached hydrogen (secondary N) is 1. The van der Waals surface area contributed by atoms with Crippen molar-refractivity contribution in [2.45, 2.75) is 13.5 Å². The summed E-state index contributed by atoms with van der Waals surface area (Å²) in [6.45, 7) is 1.47. The zero-order valence-corrected chi connectivity index (χ0v) is 19.4. The molecule has 184 valence electrons. The number of imide groups is 1. The van der Waals surface area contributed by atoms with Crippen LogP contribution in [0.5, 0.6) is 0 Å².